The Labute approximate surface area is 125 Å². The van der Waals surface area contributed by atoms with Crippen molar-refractivity contribution in [2.24, 2.45) is 0 Å². The van der Waals surface area contributed by atoms with Gasteiger partial charge in [-0.1, -0.05) is 28.1 Å². The molecule has 3 rings (SSSR count). The van der Waals surface area contributed by atoms with E-state index in [-0.39, 0.29) is 0 Å². The zero-order chi connectivity index (χ0) is 13.9. The molecule has 0 saturated carbocycles. The number of nitrogen functional groups attached to an aromatic ring is 1. The third-order valence-corrected chi connectivity index (χ3v) is 3.52. The van der Waals surface area contributed by atoms with Gasteiger partial charge in [-0.25, -0.2) is 4.98 Å². The summed E-state index contributed by atoms with van der Waals surface area (Å²) in [6.07, 6.45) is 0. The van der Waals surface area contributed by atoms with Crippen LogP contribution in [0.15, 0.2) is 59.1 Å². The van der Waals surface area contributed by atoms with E-state index in [1.807, 2.05) is 54.6 Å². The lowest BCUT2D eigenvalue weighted by Gasteiger charge is -2.07. The maximum Gasteiger partial charge on any atom is 0.214 e. The second kappa shape index (κ2) is 5.51. The molecule has 0 atom stereocenters. The van der Waals surface area contributed by atoms with Gasteiger partial charge in [0.05, 0.1) is 5.52 Å². The number of nitrogens with zero attached hydrogens (tertiary/aromatic N) is 1. The molecule has 0 amide bonds. The van der Waals surface area contributed by atoms with Crippen molar-refractivity contribution in [3.05, 3.63) is 64.6 Å². The van der Waals surface area contributed by atoms with Crippen molar-refractivity contribution in [3.63, 3.8) is 0 Å². The predicted octanol–water partition coefficient (Wildman–Crippen LogP) is 4.16. The average Bonchev–Trinajstić information content (AvgIpc) is 2.46. The number of hydrogen-bond acceptors (Lipinski definition) is 3. The third kappa shape index (κ3) is 2.91. The number of halogens is 1. The Morgan fingerprint density at radius 3 is 2.60 bits per heavy atom. The van der Waals surface area contributed by atoms with Crippen LogP contribution in [0, 0.1) is 0 Å². The molecule has 0 fully saturated rings. The van der Waals surface area contributed by atoms with E-state index in [1.165, 1.54) is 0 Å². The number of anilines is 1. The van der Waals surface area contributed by atoms with E-state index >= 15 is 0 Å². The van der Waals surface area contributed by atoms with Gasteiger partial charge in [0.2, 0.25) is 5.88 Å². The number of ether oxygens (including phenoxy) is 1. The van der Waals surface area contributed by atoms with Gasteiger partial charge in [0.15, 0.2) is 0 Å². The van der Waals surface area contributed by atoms with E-state index in [9.17, 15) is 0 Å². The summed E-state index contributed by atoms with van der Waals surface area (Å²) in [4.78, 5) is 4.46. The Morgan fingerprint density at radius 2 is 1.80 bits per heavy atom. The van der Waals surface area contributed by atoms with Crippen LogP contribution in [0.1, 0.15) is 5.56 Å². The van der Waals surface area contributed by atoms with E-state index in [4.69, 9.17) is 10.5 Å². The maximum absolute atomic E-state index is 5.75. The van der Waals surface area contributed by atoms with Gasteiger partial charge in [0.1, 0.15) is 6.61 Å². The van der Waals surface area contributed by atoms with Gasteiger partial charge in [-0.2, -0.15) is 0 Å². The first-order valence-corrected chi connectivity index (χ1v) is 7.03. The molecule has 0 aliphatic rings. The molecule has 1 aromatic heterocycles. The number of nitrogens with two attached hydrogens (primary N) is 1. The molecule has 0 aliphatic carbocycles. The number of rotatable bonds is 3. The lowest BCUT2D eigenvalue weighted by atomic mass is 10.2. The van der Waals surface area contributed by atoms with Crippen molar-refractivity contribution < 1.29 is 4.74 Å². The second-order valence-electron chi connectivity index (χ2n) is 4.52. The number of aromatic nitrogens is 1. The molecule has 3 aromatic rings. The first kappa shape index (κ1) is 12.9. The minimum atomic E-state index is 0.501. The van der Waals surface area contributed by atoms with E-state index in [0.717, 1.165) is 26.6 Å². The summed E-state index contributed by atoms with van der Waals surface area (Å²) in [5.74, 6) is 0.616. The predicted molar refractivity (Wildman–Crippen MR) is 84.6 cm³/mol. The molecule has 0 aliphatic heterocycles. The molecule has 0 spiro atoms. The van der Waals surface area contributed by atoms with Gasteiger partial charge >= 0.3 is 0 Å². The largest absolute Gasteiger partial charge is 0.473 e. The van der Waals surface area contributed by atoms with Crippen LogP contribution >= 0.6 is 15.9 Å². The summed E-state index contributed by atoms with van der Waals surface area (Å²) in [6, 6.07) is 17.5. The van der Waals surface area contributed by atoms with Crippen molar-refractivity contribution >= 4 is 32.5 Å². The summed E-state index contributed by atoms with van der Waals surface area (Å²) in [7, 11) is 0. The zero-order valence-corrected chi connectivity index (χ0v) is 12.3. The Balaban J connectivity index is 1.77. The minimum Gasteiger partial charge on any atom is -0.473 e. The van der Waals surface area contributed by atoms with Crippen LogP contribution in [0.25, 0.3) is 10.9 Å². The Bertz CT molecular complexity index is 741. The highest BCUT2D eigenvalue weighted by Crippen LogP contribution is 2.20. The van der Waals surface area contributed by atoms with Crippen LogP contribution in [0.2, 0.25) is 0 Å². The van der Waals surface area contributed by atoms with Crippen LogP contribution in [0.4, 0.5) is 5.69 Å². The fourth-order valence-corrected chi connectivity index (χ4v) is 2.21. The van der Waals surface area contributed by atoms with Crippen molar-refractivity contribution in [3.8, 4) is 5.88 Å². The smallest absolute Gasteiger partial charge is 0.214 e. The summed E-state index contributed by atoms with van der Waals surface area (Å²) in [6.45, 7) is 0.501. The van der Waals surface area contributed by atoms with Crippen LogP contribution in [0.3, 0.4) is 0 Å². The average molecular weight is 329 g/mol. The van der Waals surface area contributed by atoms with E-state index in [1.54, 1.807) is 0 Å². The zero-order valence-electron chi connectivity index (χ0n) is 10.7. The third-order valence-electron chi connectivity index (χ3n) is 2.99. The van der Waals surface area contributed by atoms with Crippen molar-refractivity contribution in [2.75, 3.05) is 5.73 Å². The molecule has 1 heterocycles. The van der Waals surface area contributed by atoms with Gasteiger partial charge in [-0.15, -0.1) is 0 Å². The van der Waals surface area contributed by atoms with Crippen molar-refractivity contribution in [1.82, 2.24) is 4.98 Å². The molecule has 2 N–H and O–H groups in total. The topological polar surface area (TPSA) is 48.1 Å². The molecule has 2 aromatic carbocycles. The van der Waals surface area contributed by atoms with Crippen LogP contribution < -0.4 is 10.5 Å². The fraction of sp³-hybridized carbons (Fsp3) is 0.0625. The van der Waals surface area contributed by atoms with Gasteiger partial charge in [-0.05, 0) is 42.0 Å². The molecule has 0 saturated heterocycles. The summed E-state index contributed by atoms with van der Waals surface area (Å²) in [5.41, 5.74) is 8.47. The molecular weight excluding hydrogens is 316 g/mol. The SMILES string of the molecule is Nc1ccc2nc(OCc3ccc(Br)cc3)ccc2c1. The Morgan fingerprint density at radius 1 is 1.00 bits per heavy atom. The maximum atomic E-state index is 5.75. The first-order chi connectivity index (χ1) is 9.70. The quantitative estimate of drug-likeness (QED) is 0.734. The monoisotopic (exact) mass is 328 g/mol. The standard InChI is InChI=1S/C16H13BrN2O/c17-13-4-1-11(2-5-13)10-20-16-8-3-12-9-14(18)6-7-15(12)19-16/h1-9H,10,18H2. The number of hydrogen-bond donors (Lipinski definition) is 1. The summed E-state index contributed by atoms with van der Waals surface area (Å²) >= 11 is 3.41. The molecule has 0 radical (unpaired) electrons. The normalized spacial score (nSPS) is 10.7. The number of benzene rings is 2. The number of pyridine rings is 1. The van der Waals surface area contributed by atoms with E-state index in [2.05, 4.69) is 20.9 Å². The Kier molecular flexibility index (Phi) is 3.56. The highest BCUT2D eigenvalue weighted by atomic mass is 79.9. The minimum absolute atomic E-state index is 0.501. The lowest BCUT2D eigenvalue weighted by molar-refractivity contribution is 0.295. The summed E-state index contributed by atoms with van der Waals surface area (Å²) in [5, 5.41) is 1.01. The van der Waals surface area contributed by atoms with Gasteiger partial charge in [0.25, 0.3) is 0 Å². The first-order valence-electron chi connectivity index (χ1n) is 6.24. The van der Waals surface area contributed by atoms with Crippen LogP contribution in [0.5, 0.6) is 5.88 Å². The molecule has 0 unspecified atom stereocenters. The fourth-order valence-electron chi connectivity index (χ4n) is 1.94. The van der Waals surface area contributed by atoms with Gasteiger partial charge in [-0.3, -0.25) is 0 Å². The van der Waals surface area contributed by atoms with Crippen molar-refractivity contribution in [1.29, 1.82) is 0 Å². The van der Waals surface area contributed by atoms with E-state index in [0.29, 0.717) is 12.5 Å². The molecule has 4 heteroatoms. The van der Waals surface area contributed by atoms with Gasteiger partial charge < -0.3 is 10.5 Å². The molecule has 20 heavy (non-hydrogen) atoms. The van der Waals surface area contributed by atoms with Crippen molar-refractivity contribution in [2.45, 2.75) is 6.61 Å². The summed E-state index contributed by atoms with van der Waals surface area (Å²) < 4.78 is 6.77. The second-order valence-corrected chi connectivity index (χ2v) is 5.43. The molecule has 100 valence electrons. The lowest BCUT2D eigenvalue weighted by Crippen LogP contribution is -1.97. The number of fused-ring (bicyclic) bond motifs is 1. The molecule has 3 nitrogen and oxygen atoms in total. The molecule has 0 bridgehead atoms. The van der Waals surface area contributed by atoms with Crippen LogP contribution in [-0.4, -0.2) is 4.98 Å². The Hall–Kier alpha value is -2.07. The highest BCUT2D eigenvalue weighted by molar-refractivity contribution is 9.10. The van der Waals surface area contributed by atoms with Gasteiger partial charge in [0, 0.05) is 21.6 Å². The van der Waals surface area contributed by atoms with Crippen LogP contribution in [-0.2, 0) is 6.61 Å². The highest BCUT2D eigenvalue weighted by Gasteiger charge is 2.01. The van der Waals surface area contributed by atoms with E-state index < -0.39 is 0 Å². The molecular formula is C16H13BrN2O.